The Morgan fingerprint density at radius 3 is 2.50 bits per heavy atom. The van der Waals surface area contributed by atoms with Crippen LogP contribution in [0.4, 0.5) is 0 Å². The van der Waals surface area contributed by atoms with Crippen LogP contribution >= 0.6 is 0 Å². The monoisotopic (exact) mass is 279 g/mol. The van der Waals surface area contributed by atoms with Crippen molar-refractivity contribution >= 4 is 6.21 Å². The molecule has 0 fully saturated rings. The number of rotatable bonds is 11. The fourth-order valence-corrected chi connectivity index (χ4v) is 2.79. The second-order valence-electron chi connectivity index (χ2n) is 5.87. The maximum Gasteiger partial charge on any atom is 0.103 e. The van der Waals surface area contributed by atoms with Crippen molar-refractivity contribution in [2.45, 2.75) is 84.0 Å². The number of unbranched alkanes of at least 4 members (excludes halogenated alkanes) is 7. The molecule has 0 saturated heterocycles. The van der Waals surface area contributed by atoms with Crippen molar-refractivity contribution in [3.05, 3.63) is 12.2 Å². The smallest absolute Gasteiger partial charge is 0.103 e. The van der Waals surface area contributed by atoms with Gasteiger partial charge in [-0.3, -0.25) is 9.89 Å². The molecule has 0 spiro atoms. The van der Waals surface area contributed by atoms with Gasteiger partial charge in [-0.2, -0.15) is 0 Å². The van der Waals surface area contributed by atoms with E-state index in [9.17, 15) is 0 Å². The number of allylic oxidation sites excluding steroid dienone is 2. The topological polar surface area (TPSA) is 41.6 Å². The molecule has 0 amide bonds. The molecule has 0 aromatic carbocycles. The molecule has 3 heteroatoms. The fourth-order valence-electron chi connectivity index (χ4n) is 2.79. The van der Waals surface area contributed by atoms with Crippen LogP contribution in [0.2, 0.25) is 0 Å². The average molecular weight is 279 g/mol. The van der Waals surface area contributed by atoms with E-state index in [0.717, 1.165) is 6.54 Å². The lowest BCUT2D eigenvalue weighted by atomic mass is 10.1. The van der Waals surface area contributed by atoms with Gasteiger partial charge in [0.05, 0.1) is 6.17 Å². The molecular formula is C17H33N3. The van der Waals surface area contributed by atoms with E-state index in [1.54, 1.807) is 0 Å². The van der Waals surface area contributed by atoms with Gasteiger partial charge in [0.2, 0.25) is 0 Å². The molecule has 20 heavy (non-hydrogen) atoms. The minimum Gasteiger partial charge on any atom is -0.316 e. The quantitative estimate of drug-likeness (QED) is 0.457. The third-order valence-corrected chi connectivity index (χ3v) is 4.04. The highest BCUT2D eigenvalue weighted by Gasteiger charge is 2.22. The molecule has 3 nitrogen and oxygen atoms in total. The van der Waals surface area contributed by atoms with Crippen molar-refractivity contribution in [2.24, 2.45) is 10.7 Å². The van der Waals surface area contributed by atoms with E-state index in [-0.39, 0.29) is 6.17 Å². The molecular weight excluding hydrogens is 246 g/mol. The third kappa shape index (κ3) is 7.20. The minimum absolute atomic E-state index is 0.125. The molecule has 116 valence electrons. The zero-order valence-electron chi connectivity index (χ0n) is 13.4. The predicted octanol–water partition coefficient (Wildman–Crippen LogP) is 4.09. The second kappa shape index (κ2) is 11.0. The van der Waals surface area contributed by atoms with Crippen LogP contribution in [0.25, 0.3) is 0 Å². The highest BCUT2D eigenvalue weighted by molar-refractivity contribution is 5.62. The van der Waals surface area contributed by atoms with Crippen molar-refractivity contribution < 1.29 is 0 Å². The van der Waals surface area contributed by atoms with Gasteiger partial charge in [0.15, 0.2) is 0 Å². The van der Waals surface area contributed by atoms with Crippen LogP contribution in [-0.4, -0.2) is 30.0 Å². The summed E-state index contributed by atoms with van der Waals surface area (Å²) in [5, 5.41) is 0. The van der Waals surface area contributed by atoms with E-state index in [1.165, 1.54) is 57.8 Å². The minimum atomic E-state index is 0.125. The van der Waals surface area contributed by atoms with Crippen LogP contribution in [0.3, 0.4) is 0 Å². The van der Waals surface area contributed by atoms with Crippen LogP contribution in [0, 0.1) is 0 Å². The third-order valence-electron chi connectivity index (χ3n) is 4.04. The Labute approximate surface area is 125 Å². The van der Waals surface area contributed by atoms with Gasteiger partial charge < -0.3 is 5.73 Å². The summed E-state index contributed by atoms with van der Waals surface area (Å²) in [5.74, 6) is 0. The van der Waals surface area contributed by atoms with Crippen LogP contribution in [0.5, 0.6) is 0 Å². The van der Waals surface area contributed by atoms with Crippen LogP contribution in [0.1, 0.15) is 71.6 Å². The maximum absolute atomic E-state index is 5.95. The molecule has 1 rings (SSSR count). The van der Waals surface area contributed by atoms with Crippen molar-refractivity contribution in [1.82, 2.24) is 4.90 Å². The van der Waals surface area contributed by atoms with E-state index >= 15 is 0 Å². The Morgan fingerprint density at radius 2 is 1.85 bits per heavy atom. The molecule has 0 aromatic heterocycles. The lowest BCUT2D eigenvalue weighted by molar-refractivity contribution is 0.182. The first kappa shape index (κ1) is 17.4. The van der Waals surface area contributed by atoms with E-state index in [4.69, 9.17) is 5.73 Å². The lowest BCUT2D eigenvalue weighted by Gasteiger charge is -2.26. The zero-order chi connectivity index (χ0) is 14.6. The van der Waals surface area contributed by atoms with Crippen LogP contribution < -0.4 is 5.73 Å². The van der Waals surface area contributed by atoms with E-state index < -0.39 is 0 Å². The summed E-state index contributed by atoms with van der Waals surface area (Å²) in [4.78, 5) is 6.81. The molecule has 1 aliphatic heterocycles. The van der Waals surface area contributed by atoms with Gasteiger partial charge in [-0.05, 0) is 39.5 Å². The highest BCUT2D eigenvalue weighted by atomic mass is 15.3. The summed E-state index contributed by atoms with van der Waals surface area (Å²) in [6.45, 7) is 5.07. The normalized spacial score (nSPS) is 21.1. The van der Waals surface area contributed by atoms with Gasteiger partial charge in [-0.25, -0.2) is 0 Å². The molecule has 0 saturated carbocycles. The van der Waals surface area contributed by atoms with Gasteiger partial charge in [0.1, 0.15) is 6.17 Å². The van der Waals surface area contributed by atoms with Crippen molar-refractivity contribution in [2.75, 3.05) is 6.54 Å². The Bertz CT molecular complexity index is 284. The molecule has 0 bridgehead atoms. The summed E-state index contributed by atoms with van der Waals surface area (Å²) < 4.78 is 0. The molecule has 2 atom stereocenters. The van der Waals surface area contributed by atoms with E-state index in [1.807, 2.05) is 6.21 Å². The molecule has 0 aromatic rings. The Hall–Kier alpha value is -0.670. The first-order valence-corrected chi connectivity index (χ1v) is 8.40. The highest BCUT2D eigenvalue weighted by Crippen LogP contribution is 2.17. The lowest BCUT2D eigenvalue weighted by Crippen LogP contribution is -2.43. The summed E-state index contributed by atoms with van der Waals surface area (Å²) in [5.41, 5.74) is 5.95. The Kier molecular flexibility index (Phi) is 9.60. The summed E-state index contributed by atoms with van der Waals surface area (Å²) in [7, 11) is 0. The molecule has 1 aliphatic rings. The van der Waals surface area contributed by atoms with Crippen LogP contribution in [-0.2, 0) is 0 Å². The van der Waals surface area contributed by atoms with Crippen LogP contribution in [0.15, 0.2) is 17.1 Å². The largest absolute Gasteiger partial charge is 0.316 e. The van der Waals surface area contributed by atoms with Crippen molar-refractivity contribution in [3.63, 3.8) is 0 Å². The SMILES string of the molecule is C/C=C/CCCCCCCCCC1N=CCN1C(C)N. The average Bonchev–Trinajstić information content (AvgIpc) is 2.89. The summed E-state index contributed by atoms with van der Waals surface area (Å²) >= 11 is 0. The molecule has 0 aliphatic carbocycles. The molecule has 2 unspecified atom stereocenters. The fraction of sp³-hybridized carbons (Fsp3) is 0.824. The van der Waals surface area contributed by atoms with Gasteiger partial charge in [-0.15, -0.1) is 0 Å². The van der Waals surface area contributed by atoms with Gasteiger partial charge in [0, 0.05) is 12.8 Å². The standard InChI is InChI=1S/C17H33N3/c1-3-4-5-6-7-8-9-10-11-12-13-17-19-14-15-20(17)16(2)18/h3-4,14,16-17H,5-13,15,18H2,1-2H3/b4-3+. The first-order valence-electron chi connectivity index (χ1n) is 8.40. The number of hydrogen-bond acceptors (Lipinski definition) is 3. The van der Waals surface area contributed by atoms with E-state index in [2.05, 4.69) is 35.9 Å². The summed E-state index contributed by atoms with van der Waals surface area (Å²) in [6, 6.07) is 0. The summed E-state index contributed by atoms with van der Waals surface area (Å²) in [6.07, 6.45) is 18.8. The Morgan fingerprint density at radius 1 is 1.20 bits per heavy atom. The Balaban J connectivity index is 1.91. The van der Waals surface area contributed by atoms with Crippen molar-refractivity contribution in [3.8, 4) is 0 Å². The molecule has 1 heterocycles. The first-order chi connectivity index (χ1) is 9.75. The molecule has 0 radical (unpaired) electrons. The van der Waals surface area contributed by atoms with Crippen molar-refractivity contribution in [1.29, 1.82) is 0 Å². The number of nitrogens with zero attached hydrogens (tertiary/aromatic N) is 2. The maximum atomic E-state index is 5.95. The van der Waals surface area contributed by atoms with Gasteiger partial charge >= 0.3 is 0 Å². The van der Waals surface area contributed by atoms with Gasteiger partial charge in [0.25, 0.3) is 0 Å². The zero-order valence-corrected chi connectivity index (χ0v) is 13.4. The number of hydrogen-bond donors (Lipinski definition) is 1. The number of aliphatic imine (C=N–C) groups is 1. The second-order valence-corrected chi connectivity index (χ2v) is 5.87. The predicted molar refractivity (Wildman–Crippen MR) is 89.0 cm³/mol. The van der Waals surface area contributed by atoms with E-state index in [0.29, 0.717) is 6.17 Å². The molecule has 2 N–H and O–H groups in total. The van der Waals surface area contributed by atoms with Gasteiger partial charge in [-0.1, -0.05) is 44.3 Å². The number of nitrogens with two attached hydrogens (primary N) is 1.